The van der Waals surface area contributed by atoms with Gasteiger partial charge in [0, 0.05) is 32.1 Å². The predicted molar refractivity (Wildman–Crippen MR) is 72.6 cm³/mol. The Labute approximate surface area is 114 Å². The van der Waals surface area contributed by atoms with Crippen molar-refractivity contribution in [3.05, 3.63) is 0 Å². The van der Waals surface area contributed by atoms with E-state index in [1.165, 1.54) is 0 Å². The van der Waals surface area contributed by atoms with Crippen molar-refractivity contribution in [2.45, 2.75) is 51.7 Å². The summed E-state index contributed by atoms with van der Waals surface area (Å²) in [5.41, 5.74) is 5.45. The molecule has 1 saturated heterocycles. The van der Waals surface area contributed by atoms with Gasteiger partial charge in [0.25, 0.3) is 0 Å². The van der Waals surface area contributed by atoms with Gasteiger partial charge in [0.15, 0.2) is 0 Å². The van der Waals surface area contributed by atoms with E-state index in [1.54, 1.807) is 4.90 Å². The zero-order chi connectivity index (χ0) is 14.5. The number of alkyl carbamates (subject to hydrolysis) is 1. The van der Waals surface area contributed by atoms with Gasteiger partial charge in [-0.3, -0.25) is 4.79 Å². The van der Waals surface area contributed by atoms with Gasteiger partial charge >= 0.3 is 6.09 Å². The maximum absolute atomic E-state index is 11.4. The molecule has 6 nitrogen and oxygen atoms in total. The van der Waals surface area contributed by atoms with Gasteiger partial charge < -0.3 is 20.7 Å². The molecule has 19 heavy (non-hydrogen) atoms. The molecule has 1 fully saturated rings. The first-order chi connectivity index (χ1) is 8.78. The number of rotatable bonds is 5. The van der Waals surface area contributed by atoms with Crippen molar-refractivity contribution < 1.29 is 14.3 Å². The van der Waals surface area contributed by atoms with Gasteiger partial charge in [-0.2, -0.15) is 0 Å². The highest BCUT2D eigenvalue weighted by atomic mass is 16.6. The molecule has 1 rings (SSSR count). The van der Waals surface area contributed by atoms with Gasteiger partial charge in [0.2, 0.25) is 5.91 Å². The van der Waals surface area contributed by atoms with Crippen molar-refractivity contribution >= 4 is 12.0 Å². The molecule has 6 heteroatoms. The monoisotopic (exact) mass is 271 g/mol. The molecule has 1 aliphatic rings. The van der Waals surface area contributed by atoms with Crippen LogP contribution in [0, 0.1) is 0 Å². The van der Waals surface area contributed by atoms with Crippen molar-refractivity contribution in [1.29, 1.82) is 0 Å². The van der Waals surface area contributed by atoms with Gasteiger partial charge in [-0.05, 0) is 33.6 Å². The maximum Gasteiger partial charge on any atom is 0.407 e. The minimum absolute atomic E-state index is 0.114. The Morgan fingerprint density at radius 2 is 2.21 bits per heavy atom. The van der Waals surface area contributed by atoms with Gasteiger partial charge in [-0.15, -0.1) is 0 Å². The minimum atomic E-state index is -0.492. The molecule has 2 amide bonds. The summed E-state index contributed by atoms with van der Waals surface area (Å²) >= 11 is 0. The number of carbonyl (C=O) groups is 2. The normalized spacial score (nSPS) is 17.5. The van der Waals surface area contributed by atoms with Crippen LogP contribution >= 0.6 is 0 Å². The summed E-state index contributed by atoms with van der Waals surface area (Å²) < 4.78 is 5.11. The lowest BCUT2D eigenvalue weighted by Crippen LogP contribution is -2.41. The largest absolute Gasteiger partial charge is 0.444 e. The highest BCUT2D eigenvalue weighted by Gasteiger charge is 2.22. The number of hydrogen-bond acceptors (Lipinski definition) is 4. The average Bonchev–Trinajstić information content (AvgIpc) is 2.61. The number of likely N-dealkylation sites (tertiary alicyclic amines) is 1. The first-order valence-electron chi connectivity index (χ1n) is 6.78. The topological polar surface area (TPSA) is 84.7 Å². The molecule has 0 spiro atoms. The van der Waals surface area contributed by atoms with E-state index >= 15 is 0 Å². The molecule has 0 aromatic carbocycles. The quantitative estimate of drug-likeness (QED) is 0.776. The second kappa shape index (κ2) is 6.75. The van der Waals surface area contributed by atoms with E-state index in [0.717, 1.165) is 13.0 Å². The number of nitrogens with zero attached hydrogens (tertiary/aromatic N) is 1. The van der Waals surface area contributed by atoms with Crippen molar-refractivity contribution in [1.82, 2.24) is 10.2 Å². The van der Waals surface area contributed by atoms with Gasteiger partial charge in [-0.1, -0.05) is 0 Å². The molecule has 3 N–H and O–H groups in total. The lowest BCUT2D eigenvalue weighted by atomic mass is 10.2. The average molecular weight is 271 g/mol. The van der Waals surface area contributed by atoms with Gasteiger partial charge in [0.05, 0.1) is 0 Å². The third kappa shape index (κ3) is 6.42. The smallest absolute Gasteiger partial charge is 0.407 e. The van der Waals surface area contributed by atoms with E-state index in [9.17, 15) is 9.59 Å². The Bertz CT molecular complexity index is 326. The van der Waals surface area contributed by atoms with Gasteiger partial charge in [0.1, 0.15) is 5.60 Å². The fourth-order valence-corrected chi connectivity index (χ4v) is 1.95. The van der Waals surface area contributed by atoms with E-state index in [4.69, 9.17) is 10.5 Å². The summed E-state index contributed by atoms with van der Waals surface area (Å²) in [5, 5.41) is 2.66. The van der Waals surface area contributed by atoms with E-state index in [2.05, 4.69) is 5.32 Å². The Kier molecular flexibility index (Phi) is 5.60. The number of nitrogens with one attached hydrogen (secondary N) is 1. The van der Waals surface area contributed by atoms with Crippen LogP contribution in [0.1, 0.15) is 40.0 Å². The Balaban J connectivity index is 2.15. The molecule has 0 unspecified atom stereocenters. The molecule has 0 aromatic heterocycles. The molecular weight excluding hydrogens is 246 g/mol. The molecule has 0 aliphatic carbocycles. The molecule has 0 bridgehead atoms. The van der Waals surface area contributed by atoms with Crippen LogP contribution in [-0.2, 0) is 9.53 Å². The molecule has 0 aromatic rings. The number of hydrogen-bond donors (Lipinski definition) is 2. The third-order valence-corrected chi connectivity index (χ3v) is 2.81. The summed E-state index contributed by atoms with van der Waals surface area (Å²) in [7, 11) is 0. The van der Waals surface area contributed by atoms with Crippen LogP contribution in [0.2, 0.25) is 0 Å². The predicted octanol–water partition coefficient (Wildman–Crippen LogP) is 0.851. The first kappa shape index (κ1) is 15.8. The van der Waals surface area contributed by atoms with Crippen LogP contribution < -0.4 is 11.1 Å². The zero-order valence-electron chi connectivity index (χ0n) is 12.1. The fraction of sp³-hybridized carbons (Fsp3) is 0.846. The molecule has 1 aliphatic heterocycles. The minimum Gasteiger partial charge on any atom is -0.444 e. The molecule has 1 atom stereocenters. The Hall–Kier alpha value is -1.30. The van der Waals surface area contributed by atoms with Crippen LogP contribution in [0.3, 0.4) is 0 Å². The van der Waals surface area contributed by atoms with Crippen molar-refractivity contribution in [3.63, 3.8) is 0 Å². The molecule has 0 saturated carbocycles. The van der Waals surface area contributed by atoms with E-state index in [1.807, 2.05) is 20.8 Å². The first-order valence-corrected chi connectivity index (χ1v) is 6.78. The number of nitrogens with two attached hydrogens (primary N) is 1. The molecule has 110 valence electrons. The highest BCUT2D eigenvalue weighted by Crippen LogP contribution is 2.10. The number of ether oxygens (including phenoxy) is 1. The second-order valence-electron chi connectivity index (χ2n) is 5.92. The zero-order valence-corrected chi connectivity index (χ0v) is 12.1. The number of carbonyl (C=O) groups excluding carboxylic acids is 2. The van der Waals surface area contributed by atoms with Crippen molar-refractivity contribution in [3.8, 4) is 0 Å². The SMILES string of the molecule is CC(C)(C)OC(=O)NCC[C@@H](N)CN1CCCC1=O. The third-order valence-electron chi connectivity index (χ3n) is 2.81. The standard InChI is InChI=1S/C13H25N3O3/c1-13(2,3)19-12(18)15-7-6-10(14)9-16-8-4-5-11(16)17/h10H,4-9,14H2,1-3H3,(H,15,18)/t10-/m1/s1. The van der Waals surface area contributed by atoms with E-state index < -0.39 is 11.7 Å². The highest BCUT2D eigenvalue weighted by molar-refractivity contribution is 5.78. The van der Waals surface area contributed by atoms with Crippen LogP contribution in [0.25, 0.3) is 0 Å². The Morgan fingerprint density at radius 1 is 1.53 bits per heavy atom. The van der Waals surface area contributed by atoms with Crippen LogP contribution in [0.4, 0.5) is 4.79 Å². The van der Waals surface area contributed by atoms with E-state index in [0.29, 0.717) is 25.9 Å². The van der Waals surface area contributed by atoms with Crippen molar-refractivity contribution in [2.75, 3.05) is 19.6 Å². The van der Waals surface area contributed by atoms with Gasteiger partial charge in [-0.25, -0.2) is 4.79 Å². The lowest BCUT2D eigenvalue weighted by molar-refractivity contribution is -0.127. The summed E-state index contributed by atoms with van der Waals surface area (Å²) in [6.07, 6.45) is 1.74. The van der Waals surface area contributed by atoms with Crippen LogP contribution in [0.5, 0.6) is 0 Å². The summed E-state index contributed by atoms with van der Waals surface area (Å²) in [4.78, 5) is 24.6. The summed E-state index contributed by atoms with van der Waals surface area (Å²) in [6, 6.07) is -0.114. The lowest BCUT2D eigenvalue weighted by Gasteiger charge is -2.22. The van der Waals surface area contributed by atoms with Crippen molar-refractivity contribution in [2.24, 2.45) is 5.73 Å². The second-order valence-corrected chi connectivity index (χ2v) is 5.92. The summed E-state index contributed by atoms with van der Waals surface area (Å²) in [6.45, 7) is 7.27. The fourth-order valence-electron chi connectivity index (χ4n) is 1.95. The van der Waals surface area contributed by atoms with Crippen LogP contribution in [-0.4, -0.2) is 48.2 Å². The summed E-state index contributed by atoms with van der Waals surface area (Å²) in [5.74, 6) is 0.176. The number of amides is 2. The molecular formula is C13H25N3O3. The van der Waals surface area contributed by atoms with Crippen LogP contribution in [0.15, 0.2) is 0 Å². The molecule has 1 heterocycles. The van der Waals surface area contributed by atoms with E-state index in [-0.39, 0.29) is 11.9 Å². The Morgan fingerprint density at radius 3 is 2.74 bits per heavy atom. The molecule has 0 radical (unpaired) electrons. The maximum atomic E-state index is 11.4.